The number of benzene rings is 1. The van der Waals surface area contributed by atoms with Crippen LogP contribution in [0.25, 0.3) is 0 Å². The van der Waals surface area contributed by atoms with Crippen molar-refractivity contribution in [2.45, 2.75) is 64.3 Å². The van der Waals surface area contributed by atoms with Crippen molar-refractivity contribution in [2.24, 2.45) is 5.92 Å². The summed E-state index contributed by atoms with van der Waals surface area (Å²) in [6, 6.07) is 5.81. The molecular weight excluding hydrogens is 329 g/mol. The van der Waals surface area contributed by atoms with E-state index in [-0.39, 0.29) is 5.82 Å². The molecule has 0 heterocycles. The van der Waals surface area contributed by atoms with Crippen molar-refractivity contribution < 1.29 is 4.39 Å². The predicted octanol–water partition coefficient (Wildman–Crippen LogP) is 5.99. The number of nitrogens with one attached hydrogen (secondary N) is 1. The number of hydrogen-bond acceptors (Lipinski definition) is 1. The predicted molar refractivity (Wildman–Crippen MR) is 90.9 cm³/mol. The summed E-state index contributed by atoms with van der Waals surface area (Å²) in [4.78, 5) is 0. The van der Waals surface area contributed by atoms with Crippen molar-refractivity contribution in [2.75, 3.05) is 6.54 Å². The third kappa shape index (κ3) is 5.37. The summed E-state index contributed by atoms with van der Waals surface area (Å²) in [5.74, 6) is 0.633. The first kappa shape index (κ1) is 17.0. The van der Waals surface area contributed by atoms with Gasteiger partial charge in [-0.2, -0.15) is 0 Å². The van der Waals surface area contributed by atoms with Gasteiger partial charge in [-0.05, 0) is 58.9 Å². The van der Waals surface area contributed by atoms with E-state index in [1.54, 1.807) is 6.07 Å². The minimum atomic E-state index is -0.178. The summed E-state index contributed by atoms with van der Waals surface area (Å²) < 4.78 is 14.0. The van der Waals surface area contributed by atoms with Gasteiger partial charge in [0.05, 0.1) is 4.47 Å². The van der Waals surface area contributed by atoms with E-state index in [0.717, 1.165) is 18.9 Å². The Morgan fingerprint density at radius 2 is 1.95 bits per heavy atom. The van der Waals surface area contributed by atoms with Gasteiger partial charge in [-0.25, -0.2) is 4.39 Å². The summed E-state index contributed by atoms with van der Waals surface area (Å²) in [5, 5.41) is 3.66. The normalized spacial score (nSPS) is 18.4. The van der Waals surface area contributed by atoms with Crippen molar-refractivity contribution in [3.05, 3.63) is 34.1 Å². The first-order valence-electron chi connectivity index (χ1n) is 8.39. The van der Waals surface area contributed by atoms with Gasteiger partial charge in [-0.15, -0.1) is 0 Å². The lowest BCUT2D eigenvalue weighted by molar-refractivity contribution is 0.356. The lowest BCUT2D eigenvalue weighted by atomic mass is 9.89. The fraction of sp³-hybridized carbons (Fsp3) is 0.667. The van der Waals surface area contributed by atoms with Crippen LogP contribution in [0.2, 0.25) is 0 Å². The van der Waals surface area contributed by atoms with Crippen molar-refractivity contribution in [1.82, 2.24) is 5.32 Å². The van der Waals surface area contributed by atoms with Gasteiger partial charge >= 0.3 is 0 Å². The molecule has 0 spiro atoms. The summed E-state index contributed by atoms with van der Waals surface area (Å²) in [7, 11) is 0. The molecule has 0 aliphatic heterocycles. The maximum absolute atomic E-state index is 13.5. The van der Waals surface area contributed by atoms with E-state index < -0.39 is 0 Å². The van der Waals surface area contributed by atoms with Crippen LogP contribution in [0.3, 0.4) is 0 Å². The monoisotopic (exact) mass is 355 g/mol. The molecule has 118 valence electrons. The Balaban J connectivity index is 2.06. The molecule has 3 heteroatoms. The molecule has 21 heavy (non-hydrogen) atoms. The molecule has 1 saturated carbocycles. The molecule has 0 amide bonds. The topological polar surface area (TPSA) is 12.0 Å². The van der Waals surface area contributed by atoms with Gasteiger partial charge in [0.15, 0.2) is 0 Å². The molecule has 1 nitrogen and oxygen atoms in total. The molecule has 1 aliphatic rings. The summed E-state index contributed by atoms with van der Waals surface area (Å²) >= 11 is 3.32. The Hall–Kier alpha value is -0.410. The van der Waals surface area contributed by atoms with Gasteiger partial charge < -0.3 is 5.32 Å². The molecular formula is C18H27BrFN. The van der Waals surface area contributed by atoms with Crippen LogP contribution in [0.4, 0.5) is 4.39 Å². The first-order valence-corrected chi connectivity index (χ1v) is 9.18. The fourth-order valence-corrected chi connectivity index (χ4v) is 3.71. The van der Waals surface area contributed by atoms with E-state index in [1.165, 1.54) is 50.5 Å². The highest BCUT2D eigenvalue weighted by Gasteiger charge is 2.19. The van der Waals surface area contributed by atoms with E-state index in [9.17, 15) is 4.39 Å². The van der Waals surface area contributed by atoms with Crippen LogP contribution in [0.15, 0.2) is 22.7 Å². The van der Waals surface area contributed by atoms with E-state index in [0.29, 0.717) is 10.5 Å². The molecule has 1 unspecified atom stereocenters. The van der Waals surface area contributed by atoms with E-state index >= 15 is 0 Å². The Labute approximate surface area is 136 Å². The van der Waals surface area contributed by atoms with Crippen LogP contribution in [0.1, 0.15) is 69.9 Å². The van der Waals surface area contributed by atoms with Gasteiger partial charge in [-0.3, -0.25) is 0 Å². The third-order valence-corrected chi connectivity index (χ3v) is 5.14. The number of rotatable bonds is 6. The Morgan fingerprint density at radius 3 is 2.57 bits per heavy atom. The highest BCUT2D eigenvalue weighted by Crippen LogP contribution is 2.32. The van der Waals surface area contributed by atoms with Crippen LogP contribution in [0.5, 0.6) is 0 Å². The highest BCUT2D eigenvalue weighted by atomic mass is 79.9. The van der Waals surface area contributed by atoms with Crippen molar-refractivity contribution in [3.63, 3.8) is 0 Å². The largest absolute Gasteiger partial charge is 0.310 e. The van der Waals surface area contributed by atoms with Crippen LogP contribution < -0.4 is 5.32 Å². The quantitative estimate of drug-likeness (QED) is 0.618. The van der Waals surface area contributed by atoms with Gasteiger partial charge in [0, 0.05) is 6.04 Å². The van der Waals surface area contributed by atoms with Gasteiger partial charge in [0.1, 0.15) is 5.82 Å². The second-order valence-electron chi connectivity index (χ2n) is 6.27. The van der Waals surface area contributed by atoms with Crippen LogP contribution in [-0.4, -0.2) is 6.54 Å². The minimum absolute atomic E-state index is 0.178. The second kappa shape index (κ2) is 8.89. The van der Waals surface area contributed by atoms with Crippen molar-refractivity contribution >= 4 is 15.9 Å². The molecule has 0 bridgehead atoms. The molecule has 1 fully saturated rings. The van der Waals surface area contributed by atoms with Crippen LogP contribution in [-0.2, 0) is 0 Å². The van der Waals surface area contributed by atoms with E-state index in [4.69, 9.17) is 0 Å². The Bertz CT molecular complexity index is 427. The zero-order chi connectivity index (χ0) is 15.1. The average molecular weight is 356 g/mol. The Morgan fingerprint density at radius 1 is 1.24 bits per heavy atom. The van der Waals surface area contributed by atoms with Gasteiger partial charge in [0.2, 0.25) is 0 Å². The molecule has 0 radical (unpaired) electrons. The maximum Gasteiger partial charge on any atom is 0.137 e. The molecule has 0 aromatic heterocycles. The zero-order valence-electron chi connectivity index (χ0n) is 13.0. The lowest BCUT2D eigenvalue weighted by Crippen LogP contribution is -2.24. The number of halogens is 2. The second-order valence-corrected chi connectivity index (χ2v) is 7.13. The average Bonchev–Trinajstić information content (AvgIpc) is 2.75. The SMILES string of the molecule is CCCNC(CC1CCCCCC1)c1ccc(F)c(Br)c1. The molecule has 2 rings (SSSR count). The van der Waals surface area contributed by atoms with Crippen molar-refractivity contribution in [3.8, 4) is 0 Å². The van der Waals surface area contributed by atoms with Crippen molar-refractivity contribution in [1.29, 1.82) is 0 Å². The Kier molecular flexibility index (Phi) is 7.18. The van der Waals surface area contributed by atoms with E-state index in [2.05, 4.69) is 28.2 Å². The molecule has 1 atom stereocenters. The standard InChI is InChI=1S/C18H27BrFN/c1-2-11-21-18(12-14-7-5-3-4-6-8-14)15-9-10-17(20)16(19)13-15/h9-10,13-14,18,21H,2-8,11-12H2,1H3. The minimum Gasteiger partial charge on any atom is -0.310 e. The molecule has 1 aromatic carbocycles. The van der Waals surface area contributed by atoms with Crippen LogP contribution >= 0.6 is 15.9 Å². The highest BCUT2D eigenvalue weighted by molar-refractivity contribution is 9.10. The molecule has 1 N–H and O–H groups in total. The zero-order valence-corrected chi connectivity index (χ0v) is 14.6. The molecule has 0 saturated heterocycles. The molecule has 1 aliphatic carbocycles. The third-order valence-electron chi connectivity index (χ3n) is 4.53. The summed E-state index contributed by atoms with van der Waals surface area (Å²) in [6.07, 6.45) is 10.6. The maximum atomic E-state index is 13.5. The summed E-state index contributed by atoms with van der Waals surface area (Å²) in [5.41, 5.74) is 1.21. The number of hydrogen-bond donors (Lipinski definition) is 1. The smallest absolute Gasteiger partial charge is 0.137 e. The lowest BCUT2D eigenvalue weighted by Gasteiger charge is -2.24. The first-order chi connectivity index (χ1) is 10.2. The van der Waals surface area contributed by atoms with E-state index in [1.807, 2.05) is 12.1 Å². The van der Waals surface area contributed by atoms with Crippen LogP contribution in [0, 0.1) is 11.7 Å². The van der Waals surface area contributed by atoms with Gasteiger partial charge in [-0.1, -0.05) is 51.5 Å². The summed E-state index contributed by atoms with van der Waals surface area (Å²) in [6.45, 7) is 3.21. The van der Waals surface area contributed by atoms with Gasteiger partial charge in [0.25, 0.3) is 0 Å². The fourth-order valence-electron chi connectivity index (χ4n) is 3.32. The molecule has 1 aromatic rings.